The van der Waals surface area contributed by atoms with Crippen LogP contribution >= 0.6 is 0 Å². The minimum absolute atomic E-state index is 0.857. The number of aromatic nitrogens is 3. The smallest absolute Gasteiger partial charge is 0.137 e. The summed E-state index contributed by atoms with van der Waals surface area (Å²) in [6.07, 6.45) is 13.2. The number of nitrogens with zero attached hydrogens (tertiary/aromatic N) is 4. The molecular weight excluding hydrogens is 238 g/mol. The highest BCUT2D eigenvalue weighted by Crippen LogP contribution is 2.09. The zero-order chi connectivity index (χ0) is 13.9. The molecule has 1 aromatic heterocycles. The Kier molecular flexibility index (Phi) is 6.94. The number of aryl methyl sites for hydroxylation is 1. The predicted octanol–water partition coefficient (Wildman–Crippen LogP) is 2.23. The zero-order valence-corrected chi connectivity index (χ0v) is 11.6. The van der Waals surface area contributed by atoms with Gasteiger partial charge >= 0.3 is 0 Å². The first-order valence-electron chi connectivity index (χ1n) is 6.36. The van der Waals surface area contributed by atoms with Crippen molar-refractivity contribution in [3.63, 3.8) is 0 Å². The first-order chi connectivity index (χ1) is 9.27. The fourth-order valence-electron chi connectivity index (χ4n) is 1.36. The molecule has 102 valence electrons. The Bertz CT molecular complexity index is 454. The van der Waals surface area contributed by atoms with Gasteiger partial charge in [0, 0.05) is 25.4 Å². The van der Waals surface area contributed by atoms with E-state index in [0.29, 0.717) is 0 Å². The SMILES string of the molecule is C=CC1=C(/N=C\CCC)NCC=C1.Cn1cncn1. The molecule has 19 heavy (non-hydrogen) atoms. The van der Waals surface area contributed by atoms with Gasteiger partial charge in [-0.1, -0.05) is 38.2 Å². The van der Waals surface area contributed by atoms with Crippen LogP contribution in [0.25, 0.3) is 0 Å². The van der Waals surface area contributed by atoms with E-state index in [2.05, 4.69) is 40.0 Å². The molecule has 0 aliphatic carbocycles. The van der Waals surface area contributed by atoms with E-state index < -0.39 is 0 Å². The Balaban J connectivity index is 0.000000250. The second kappa shape index (κ2) is 8.85. The Hall–Kier alpha value is -2.17. The third-order valence-electron chi connectivity index (χ3n) is 2.35. The van der Waals surface area contributed by atoms with Crippen molar-refractivity contribution in [1.82, 2.24) is 20.1 Å². The van der Waals surface area contributed by atoms with E-state index in [1.807, 2.05) is 25.4 Å². The van der Waals surface area contributed by atoms with E-state index >= 15 is 0 Å². The summed E-state index contributed by atoms with van der Waals surface area (Å²) < 4.78 is 1.64. The van der Waals surface area contributed by atoms with Crippen molar-refractivity contribution in [2.75, 3.05) is 6.54 Å². The highest BCUT2D eigenvalue weighted by atomic mass is 15.3. The second-order valence-electron chi connectivity index (χ2n) is 3.96. The third kappa shape index (κ3) is 5.81. The molecule has 1 aliphatic rings. The molecule has 1 aromatic rings. The van der Waals surface area contributed by atoms with Crippen molar-refractivity contribution in [3.05, 3.63) is 48.9 Å². The lowest BCUT2D eigenvalue weighted by atomic mass is 10.2. The summed E-state index contributed by atoms with van der Waals surface area (Å²) in [4.78, 5) is 8.02. The lowest BCUT2D eigenvalue weighted by Gasteiger charge is -2.11. The number of allylic oxidation sites excluding steroid dienone is 3. The van der Waals surface area contributed by atoms with Crippen LogP contribution in [0.3, 0.4) is 0 Å². The van der Waals surface area contributed by atoms with Crippen molar-refractivity contribution in [1.29, 1.82) is 0 Å². The molecule has 1 aliphatic heterocycles. The quantitative estimate of drug-likeness (QED) is 0.844. The molecule has 0 saturated heterocycles. The van der Waals surface area contributed by atoms with Gasteiger partial charge in [-0.25, -0.2) is 9.98 Å². The van der Waals surface area contributed by atoms with Gasteiger partial charge in [-0.3, -0.25) is 4.68 Å². The fourth-order valence-corrected chi connectivity index (χ4v) is 1.36. The standard InChI is InChI=1S/C11H16N2.C3H5N3/c1-3-5-8-12-11-10(4-2)7-6-9-13-11;1-6-3-4-2-5-6/h4,6-8,13H,2-3,5,9H2,1H3;2-3H,1H3/b12-8-;. The van der Waals surface area contributed by atoms with Gasteiger partial charge in [0.25, 0.3) is 0 Å². The van der Waals surface area contributed by atoms with Gasteiger partial charge in [-0.15, -0.1) is 0 Å². The van der Waals surface area contributed by atoms with Gasteiger partial charge in [-0.2, -0.15) is 5.10 Å². The molecule has 0 spiro atoms. The molecule has 0 saturated carbocycles. The Morgan fingerprint density at radius 1 is 1.58 bits per heavy atom. The predicted molar refractivity (Wildman–Crippen MR) is 78.8 cm³/mol. The van der Waals surface area contributed by atoms with Crippen LogP contribution in [0, 0.1) is 0 Å². The van der Waals surface area contributed by atoms with E-state index in [0.717, 1.165) is 30.8 Å². The van der Waals surface area contributed by atoms with Gasteiger partial charge in [0.05, 0.1) is 0 Å². The molecule has 1 N–H and O–H groups in total. The summed E-state index contributed by atoms with van der Waals surface area (Å²) >= 11 is 0. The summed E-state index contributed by atoms with van der Waals surface area (Å²) in [7, 11) is 1.83. The van der Waals surface area contributed by atoms with Crippen molar-refractivity contribution in [3.8, 4) is 0 Å². The summed E-state index contributed by atoms with van der Waals surface area (Å²) in [5.74, 6) is 0.936. The number of dihydropyridines is 1. The lowest BCUT2D eigenvalue weighted by Crippen LogP contribution is -2.16. The zero-order valence-electron chi connectivity index (χ0n) is 11.6. The maximum absolute atomic E-state index is 4.35. The number of hydrogen-bond donors (Lipinski definition) is 1. The molecule has 0 bridgehead atoms. The minimum Gasteiger partial charge on any atom is -0.366 e. The monoisotopic (exact) mass is 259 g/mol. The minimum atomic E-state index is 0.857. The first kappa shape index (κ1) is 14.9. The molecule has 0 aromatic carbocycles. The fraction of sp³-hybridized carbons (Fsp3) is 0.357. The maximum Gasteiger partial charge on any atom is 0.137 e. The van der Waals surface area contributed by atoms with Gasteiger partial charge in [0.15, 0.2) is 0 Å². The van der Waals surface area contributed by atoms with Crippen molar-refractivity contribution >= 4 is 6.21 Å². The van der Waals surface area contributed by atoms with E-state index in [-0.39, 0.29) is 0 Å². The van der Waals surface area contributed by atoms with Crippen LogP contribution in [-0.2, 0) is 7.05 Å². The average Bonchev–Trinajstić information content (AvgIpc) is 2.91. The molecule has 0 radical (unpaired) electrons. The van der Waals surface area contributed by atoms with Crippen LogP contribution in [0.5, 0.6) is 0 Å². The highest BCUT2D eigenvalue weighted by molar-refractivity contribution is 5.59. The third-order valence-corrected chi connectivity index (χ3v) is 2.35. The van der Waals surface area contributed by atoms with E-state index in [1.54, 1.807) is 11.0 Å². The number of hydrogen-bond acceptors (Lipinski definition) is 4. The van der Waals surface area contributed by atoms with Gasteiger partial charge in [0.1, 0.15) is 18.5 Å². The van der Waals surface area contributed by atoms with Crippen molar-refractivity contribution < 1.29 is 0 Å². The average molecular weight is 259 g/mol. The molecular formula is C14H21N5. The summed E-state index contributed by atoms with van der Waals surface area (Å²) in [6, 6.07) is 0. The van der Waals surface area contributed by atoms with Crippen molar-refractivity contribution in [2.45, 2.75) is 19.8 Å². The van der Waals surface area contributed by atoms with Crippen LogP contribution in [0.2, 0.25) is 0 Å². The Morgan fingerprint density at radius 2 is 2.42 bits per heavy atom. The van der Waals surface area contributed by atoms with Crippen LogP contribution < -0.4 is 5.32 Å². The normalized spacial score (nSPS) is 14.0. The molecule has 0 fully saturated rings. The number of rotatable bonds is 4. The maximum atomic E-state index is 4.35. The lowest BCUT2D eigenvalue weighted by molar-refractivity contribution is 0.765. The second-order valence-corrected chi connectivity index (χ2v) is 3.96. The topological polar surface area (TPSA) is 55.1 Å². The van der Waals surface area contributed by atoms with Crippen LogP contribution in [0.4, 0.5) is 0 Å². The Labute approximate surface area is 114 Å². The Morgan fingerprint density at radius 3 is 2.95 bits per heavy atom. The van der Waals surface area contributed by atoms with Crippen LogP contribution in [-0.4, -0.2) is 27.5 Å². The molecule has 0 atom stereocenters. The number of unbranched alkanes of at least 4 members (excludes halogenated alkanes) is 1. The summed E-state index contributed by atoms with van der Waals surface area (Å²) in [5, 5.41) is 6.92. The van der Waals surface area contributed by atoms with E-state index in [4.69, 9.17) is 0 Å². The largest absolute Gasteiger partial charge is 0.366 e. The van der Waals surface area contributed by atoms with Gasteiger partial charge in [0.2, 0.25) is 0 Å². The molecule has 2 heterocycles. The van der Waals surface area contributed by atoms with E-state index in [1.165, 1.54) is 6.33 Å². The van der Waals surface area contributed by atoms with Crippen molar-refractivity contribution in [2.24, 2.45) is 12.0 Å². The summed E-state index contributed by atoms with van der Waals surface area (Å²) in [6.45, 7) is 6.74. The molecule has 0 unspecified atom stereocenters. The first-order valence-corrected chi connectivity index (χ1v) is 6.36. The highest BCUT2D eigenvalue weighted by Gasteiger charge is 2.01. The van der Waals surface area contributed by atoms with Gasteiger partial charge in [-0.05, 0) is 6.42 Å². The molecule has 0 amide bonds. The van der Waals surface area contributed by atoms with E-state index in [9.17, 15) is 0 Å². The number of nitrogens with one attached hydrogen (secondary N) is 1. The summed E-state index contributed by atoms with van der Waals surface area (Å²) in [5.41, 5.74) is 1.07. The molecule has 2 rings (SSSR count). The van der Waals surface area contributed by atoms with Crippen LogP contribution in [0.1, 0.15) is 19.8 Å². The van der Waals surface area contributed by atoms with Crippen LogP contribution in [0.15, 0.2) is 53.8 Å². The molecule has 5 nitrogen and oxygen atoms in total. The molecule has 5 heteroatoms. The van der Waals surface area contributed by atoms with Gasteiger partial charge < -0.3 is 5.32 Å². The number of aliphatic imine (C=N–C) groups is 1.